The molecule has 1 atom stereocenters. The van der Waals surface area contributed by atoms with E-state index in [2.05, 4.69) is 20.6 Å². The smallest absolute Gasteiger partial charge is 0.237 e. The minimum atomic E-state index is -0.0222. The van der Waals surface area contributed by atoms with Gasteiger partial charge >= 0.3 is 0 Å². The number of hydrogen-bond acceptors (Lipinski definition) is 5. The molecule has 19 heavy (non-hydrogen) atoms. The molecule has 6 nitrogen and oxygen atoms in total. The summed E-state index contributed by atoms with van der Waals surface area (Å²) < 4.78 is 0. The normalized spacial score (nSPS) is 20.0. The van der Waals surface area contributed by atoms with Gasteiger partial charge in [0.1, 0.15) is 5.82 Å². The molecule has 0 bridgehead atoms. The Morgan fingerprint density at radius 2 is 2.37 bits per heavy atom. The van der Waals surface area contributed by atoms with Crippen molar-refractivity contribution in [1.82, 2.24) is 15.2 Å². The maximum Gasteiger partial charge on any atom is 0.237 e. The number of nitrogens with zero attached hydrogens (tertiary/aromatic N) is 2. The number of carbonyl (C=O) groups is 1. The molecule has 0 saturated carbocycles. The number of rotatable bonds is 4. The van der Waals surface area contributed by atoms with E-state index in [1.807, 2.05) is 12.1 Å². The highest BCUT2D eigenvalue weighted by atomic mass is 16.2. The van der Waals surface area contributed by atoms with Crippen molar-refractivity contribution in [3.63, 3.8) is 0 Å². The van der Waals surface area contributed by atoms with Crippen molar-refractivity contribution >= 4 is 11.7 Å². The van der Waals surface area contributed by atoms with E-state index in [0.717, 1.165) is 37.9 Å². The van der Waals surface area contributed by atoms with Crippen LogP contribution in [0.3, 0.4) is 0 Å². The number of likely N-dealkylation sites (tertiary alicyclic amines) is 1. The fourth-order valence-electron chi connectivity index (χ4n) is 2.48. The highest BCUT2D eigenvalue weighted by molar-refractivity contribution is 5.81. The quantitative estimate of drug-likeness (QED) is 0.543. The zero-order valence-corrected chi connectivity index (χ0v) is 11.2. The molecule has 1 amide bonds. The van der Waals surface area contributed by atoms with Crippen molar-refractivity contribution in [2.75, 3.05) is 19.0 Å². The van der Waals surface area contributed by atoms with E-state index in [1.54, 1.807) is 13.2 Å². The molecule has 6 heteroatoms. The first kappa shape index (κ1) is 13.8. The number of nitrogen functional groups attached to an aromatic ring is 1. The standard InChI is InChI=1S/C13H21N5O/c1-15-13(19)11-4-2-3-7-18(11)9-10-5-6-12(17-14)16-8-10/h5-6,8,11H,2-4,7,9,14H2,1H3,(H,15,19)(H,16,17). The van der Waals surface area contributed by atoms with Crippen molar-refractivity contribution in [3.05, 3.63) is 23.9 Å². The Morgan fingerprint density at radius 1 is 1.53 bits per heavy atom. The summed E-state index contributed by atoms with van der Waals surface area (Å²) >= 11 is 0. The summed E-state index contributed by atoms with van der Waals surface area (Å²) in [5.41, 5.74) is 3.60. The summed E-state index contributed by atoms with van der Waals surface area (Å²) in [7, 11) is 1.69. The number of nitrogens with one attached hydrogen (secondary N) is 2. The van der Waals surface area contributed by atoms with E-state index in [-0.39, 0.29) is 11.9 Å². The van der Waals surface area contributed by atoms with Crippen LogP contribution in [0.15, 0.2) is 18.3 Å². The Kier molecular flexibility index (Phi) is 4.70. The number of anilines is 1. The Labute approximate surface area is 113 Å². The first-order valence-electron chi connectivity index (χ1n) is 6.62. The molecule has 4 N–H and O–H groups in total. The first-order chi connectivity index (χ1) is 9.24. The number of likely N-dealkylation sites (N-methyl/N-ethyl adjacent to an activating group) is 1. The van der Waals surface area contributed by atoms with Crippen LogP contribution < -0.4 is 16.6 Å². The summed E-state index contributed by atoms with van der Waals surface area (Å²) in [6.45, 7) is 1.70. The number of hydrogen-bond donors (Lipinski definition) is 3. The van der Waals surface area contributed by atoms with Crippen LogP contribution in [0.2, 0.25) is 0 Å². The molecule has 1 aromatic heterocycles. The summed E-state index contributed by atoms with van der Waals surface area (Å²) in [4.78, 5) is 18.3. The predicted molar refractivity (Wildman–Crippen MR) is 74.2 cm³/mol. The van der Waals surface area contributed by atoms with Gasteiger partial charge in [-0.25, -0.2) is 10.8 Å². The second-order valence-electron chi connectivity index (χ2n) is 4.79. The number of aromatic nitrogens is 1. The highest BCUT2D eigenvalue weighted by Gasteiger charge is 2.27. The average molecular weight is 263 g/mol. The van der Waals surface area contributed by atoms with Gasteiger partial charge in [0.15, 0.2) is 0 Å². The monoisotopic (exact) mass is 263 g/mol. The Bertz CT molecular complexity index is 420. The summed E-state index contributed by atoms with van der Waals surface area (Å²) in [5.74, 6) is 6.04. The Morgan fingerprint density at radius 3 is 3.00 bits per heavy atom. The van der Waals surface area contributed by atoms with Crippen molar-refractivity contribution in [3.8, 4) is 0 Å². The van der Waals surface area contributed by atoms with Crippen molar-refractivity contribution in [2.45, 2.75) is 31.8 Å². The van der Waals surface area contributed by atoms with Gasteiger partial charge in [0, 0.05) is 19.8 Å². The molecular weight excluding hydrogens is 242 g/mol. The van der Waals surface area contributed by atoms with Crippen LogP contribution in [-0.2, 0) is 11.3 Å². The third-order valence-corrected chi connectivity index (χ3v) is 3.52. The molecule has 0 aliphatic carbocycles. The van der Waals surface area contributed by atoms with Gasteiger partial charge in [-0.05, 0) is 31.0 Å². The van der Waals surface area contributed by atoms with E-state index in [1.165, 1.54) is 0 Å². The molecule has 1 unspecified atom stereocenters. The molecule has 2 heterocycles. The fourth-order valence-corrected chi connectivity index (χ4v) is 2.48. The molecule has 104 valence electrons. The van der Waals surface area contributed by atoms with Crippen molar-refractivity contribution in [2.24, 2.45) is 5.84 Å². The molecule has 1 aliphatic rings. The van der Waals surface area contributed by atoms with Crippen molar-refractivity contribution < 1.29 is 4.79 Å². The van der Waals surface area contributed by atoms with Gasteiger partial charge in [-0.15, -0.1) is 0 Å². The Balaban J connectivity index is 2.03. The lowest BCUT2D eigenvalue weighted by atomic mass is 10.0. The largest absolute Gasteiger partial charge is 0.358 e. The minimum Gasteiger partial charge on any atom is -0.358 e. The van der Waals surface area contributed by atoms with Crippen LogP contribution in [0.25, 0.3) is 0 Å². The van der Waals surface area contributed by atoms with Crippen LogP contribution >= 0.6 is 0 Å². The SMILES string of the molecule is CNC(=O)C1CCCCN1Cc1ccc(NN)nc1. The predicted octanol–water partition coefficient (Wildman–Crippen LogP) is 0.468. The molecule has 0 radical (unpaired) electrons. The molecule has 1 saturated heterocycles. The molecule has 2 rings (SSSR count). The van der Waals surface area contributed by atoms with Gasteiger partial charge in [-0.3, -0.25) is 9.69 Å². The van der Waals surface area contributed by atoms with Crippen LogP contribution in [0.1, 0.15) is 24.8 Å². The fraction of sp³-hybridized carbons (Fsp3) is 0.538. The van der Waals surface area contributed by atoms with E-state index in [4.69, 9.17) is 5.84 Å². The molecular formula is C13H21N5O. The number of amides is 1. The lowest BCUT2D eigenvalue weighted by Gasteiger charge is -2.34. The lowest BCUT2D eigenvalue weighted by molar-refractivity contribution is -0.127. The first-order valence-corrected chi connectivity index (χ1v) is 6.62. The Hall–Kier alpha value is -1.66. The third-order valence-electron chi connectivity index (χ3n) is 3.52. The van der Waals surface area contributed by atoms with Crippen LogP contribution in [0.4, 0.5) is 5.82 Å². The molecule has 1 aromatic rings. The third kappa shape index (κ3) is 3.42. The van der Waals surface area contributed by atoms with E-state index < -0.39 is 0 Å². The molecule has 1 fully saturated rings. The van der Waals surface area contributed by atoms with Gasteiger partial charge in [-0.2, -0.15) is 0 Å². The zero-order valence-electron chi connectivity index (χ0n) is 11.2. The molecule has 0 spiro atoms. The number of pyridine rings is 1. The van der Waals surface area contributed by atoms with Crippen LogP contribution in [0, 0.1) is 0 Å². The van der Waals surface area contributed by atoms with Crippen molar-refractivity contribution in [1.29, 1.82) is 0 Å². The second-order valence-corrected chi connectivity index (χ2v) is 4.79. The number of nitrogens with two attached hydrogens (primary N) is 1. The summed E-state index contributed by atoms with van der Waals surface area (Å²) in [6.07, 6.45) is 4.98. The van der Waals surface area contributed by atoms with Gasteiger partial charge in [-0.1, -0.05) is 12.5 Å². The number of hydrazine groups is 1. The molecule has 0 aromatic carbocycles. The van der Waals surface area contributed by atoms with Gasteiger partial charge in [0.2, 0.25) is 5.91 Å². The summed E-state index contributed by atoms with van der Waals surface area (Å²) in [5, 5.41) is 2.75. The van der Waals surface area contributed by atoms with Crippen LogP contribution in [-0.4, -0.2) is 35.4 Å². The minimum absolute atomic E-state index is 0.0222. The lowest BCUT2D eigenvalue weighted by Crippen LogP contribution is -2.48. The maximum absolute atomic E-state index is 11.9. The van der Waals surface area contributed by atoms with E-state index >= 15 is 0 Å². The van der Waals surface area contributed by atoms with E-state index in [9.17, 15) is 4.79 Å². The topological polar surface area (TPSA) is 83.3 Å². The molecule has 1 aliphatic heterocycles. The second kappa shape index (κ2) is 6.49. The van der Waals surface area contributed by atoms with Gasteiger partial charge in [0.05, 0.1) is 6.04 Å². The maximum atomic E-state index is 11.9. The number of carbonyl (C=O) groups excluding carboxylic acids is 1. The van der Waals surface area contributed by atoms with Gasteiger partial charge in [0.25, 0.3) is 0 Å². The van der Waals surface area contributed by atoms with Crippen LogP contribution in [0.5, 0.6) is 0 Å². The number of piperidine rings is 1. The highest BCUT2D eigenvalue weighted by Crippen LogP contribution is 2.19. The zero-order chi connectivity index (χ0) is 13.7. The summed E-state index contributed by atoms with van der Waals surface area (Å²) in [6, 6.07) is 3.80. The van der Waals surface area contributed by atoms with E-state index in [0.29, 0.717) is 5.82 Å². The van der Waals surface area contributed by atoms with Gasteiger partial charge < -0.3 is 10.7 Å². The average Bonchev–Trinajstić information content (AvgIpc) is 2.48.